The van der Waals surface area contributed by atoms with E-state index in [2.05, 4.69) is 10.6 Å². The van der Waals surface area contributed by atoms with Gasteiger partial charge in [0.05, 0.1) is 5.56 Å². The molecular weight excluding hydrogens is 291 g/mol. The average Bonchev–Trinajstić information content (AvgIpc) is 2.38. The third-order valence-corrected chi connectivity index (χ3v) is 2.84. The molecule has 120 valence electrons. The Morgan fingerprint density at radius 3 is 2.41 bits per heavy atom. The number of aliphatic carboxylic acids is 1. The minimum Gasteiger partial charge on any atom is -0.480 e. The van der Waals surface area contributed by atoms with Crippen LogP contribution in [0.15, 0.2) is 18.2 Å². The SMILES string of the molecule is CC(=O)Nc1ccc(F)c(C(=O)NC(CC(C)C)C(=O)O)c1. The van der Waals surface area contributed by atoms with E-state index in [0.29, 0.717) is 0 Å². The molecular formula is C15H19FN2O4. The molecule has 0 aromatic heterocycles. The van der Waals surface area contributed by atoms with Crippen LogP contribution in [0.4, 0.5) is 10.1 Å². The Labute approximate surface area is 127 Å². The summed E-state index contributed by atoms with van der Waals surface area (Å²) in [6.45, 7) is 4.92. The summed E-state index contributed by atoms with van der Waals surface area (Å²) in [7, 11) is 0. The average molecular weight is 310 g/mol. The Morgan fingerprint density at radius 1 is 1.27 bits per heavy atom. The largest absolute Gasteiger partial charge is 0.480 e. The van der Waals surface area contributed by atoms with E-state index < -0.39 is 23.7 Å². The van der Waals surface area contributed by atoms with Gasteiger partial charge in [-0.2, -0.15) is 0 Å². The first-order valence-electron chi connectivity index (χ1n) is 6.81. The number of carbonyl (C=O) groups is 3. The molecule has 0 fully saturated rings. The Morgan fingerprint density at radius 2 is 1.91 bits per heavy atom. The summed E-state index contributed by atoms with van der Waals surface area (Å²) in [5.74, 6) is -3.11. The van der Waals surface area contributed by atoms with Crippen molar-refractivity contribution in [2.24, 2.45) is 5.92 Å². The first-order chi connectivity index (χ1) is 10.2. The van der Waals surface area contributed by atoms with E-state index >= 15 is 0 Å². The van der Waals surface area contributed by atoms with Gasteiger partial charge in [-0.1, -0.05) is 13.8 Å². The lowest BCUT2D eigenvalue weighted by molar-refractivity contribution is -0.139. The van der Waals surface area contributed by atoms with Crippen molar-refractivity contribution in [2.45, 2.75) is 33.2 Å². The standard InChI is InChI=1S/C15H19FN2O4/c1-8(2)6-13(15(21)22)18-14(20)11-7-10(17-9(3)19)4-5-12(11)16/h4-5,7-8,13H,6H2,1-3H3,(H,17,19)(H,18,20)(H,21,22). The normalized spacial score (nSPS) is 11.9. The second-order valence-corrected chi connectivity index (χ2v) is 5.37. The topological polar surface area (TPSA) is 95.5 Å². The molecule has 0 radical (unpaired) electrons. The molecule has 0 aliphatic rings. The number of anilines is 1. The van der Waals surface area contributed by atoms with Gasteiger partial charge in [0.15, 0.2) is 0 Å². The van der Waals surface area contributed by atoms with Crippen molar-refractivity contribution >= 4 is 23.5 Å². The fourth-order valence-electron chi connectivity index (χ4n) is 1.91. The van der Waals surface area contributed by atoms with Gasteiger partial charge in [-0.05, 0) is 30.5 Å². The van der Waals surface area contributed by atoms with Crippen LogP contribution in [0, 0.1) is 11.7 Å². The molecule has 3 N–H and O–H groups in total. The summed E-state index contributed by atoms with van der Waals surface area (Å²) >= 11 is 0. The van der Waals surface area contributed by atoms with E-state index in [9.17, 15) is 18.8 Å². The number of hydrogen-bond donors (Lipinski definition) is 3. The molecule has 1 aromatic carbocycles. The predicted molar refractivity (Wildman–Crippen MR) is 79.0 cm³/mol. The molecule has 0 saturated heterocycles. The zero-order valence-corrected chi connectivity index (χ0v) is 12.6. The molecule has 1 unspecified atom stereocenters. The number of carboxylic acids is 1. The first-order valence-corrected chi connectivity index (χ1v) is 6.81. The number of rotatable bonds is 6. The zero-order valence-electron chi connectivity index (χ0n) is 12.6. The van der Waals surface area contributed by atoms with Crippen molar-refractivity contribution in [3.63, 3.8) is 0 Å². The first kappa shape index (κ1) is 17.6. The Hall–Kier alpha value is -2.44. The third-order valence-electron chi connectivity index (χ3n) is 2.84. The van der Waals surface area contributed by atoms with Gasteiger partial charge >= 0.3 is 5.97 Å². The monoisotopic (exact) mass is 310 g/mol. The maximum absolute atomic E-state index is 13.8. The molecule has 0 saturated carbocycles. The van der Waals surface area contributed by atoms with E-state index in [1.165, 1.54) is 19.1 Å². The molecule has 1 aromatic rings. The highest BCUT2D eigenvalue weighted by Crippen LogP contribution is 2.16. The maximum Gasteiger partial charge on any atom is 0.326 e. The Balaban J connectivity index is 2.96. The van der Waals surface area contributed by atoms with Gasteiger partial charge in [0.25, 0.3) is 5.91 Å². The molecule has 2 amide bonds. The molecule has 0 spiro atoms. The fourth-order valence-corrected chi connectivity index (χ4v) is 1.91. The van der Waals surface area contributed by atoms with E-state index in [0.717, 1.165) is 6.07 Å². The highest BCUT2D eigenvalue weighted by atomic mass is 19.1. The van der Waals surface area contributed by atoms with Crippen LogP contribution in [-0.4, -0.2) is 28.9 Å². The number of hydrogen-bond acceptors (Lipinski definition) is 3. The molecule has 22 heavy (non-hydrogen) atoms. The van der Waals surface area contributed by atoms with Crippen molar-refractivity contribution in [1.29, 1.82) is 0 Å². The molecule has 7 heteroatoms. The van der Waals surface area contributed by atoms with Crippen LogP contribution in [0.3, 0.4) is 0 Å². The summed E-state index contributed by atoms with van der Waals surface area (Å²) in [5, 5.41) is 13.8. The summed E-state index contributed by atoms with van der Waals surface area (Å²) < 4.78 is 13.8. The minimum absolute atomic E-state index is 0.0527. The van der Waals surface area contributed by atoms with E-state index in [1.807, 2.05) is 13.8 Å². The lowest BCUT2D eigenvalue weighted by Gasteiger charge is -2.17. The Bertz CT molecular complexity index is 587. The zero-order chi connectivity index (χ0) is 16.9. The number of nitrogens with one attached hydrogen (secondary N) is 2. The molecule has 0 bridgehead atoms. The van der Waals surface area contributed by atoms with Crippen molar-refractivity contribution in [1.82, 2.24) is 5.32 Å². The van der Waals surface area contributed by atoms with E-state index in [4.69, 9.17) is 5.11 Å². The summed E-state index contributed by atoms with van der Waals surface area (Å²) in [5.41, 5.74) is -0.0592. The van der Waals surface area contributed by atoms with Crippen LogP contribution in [-0.2, 0) is 9.59 Å². The summed E-state index contributed by atoms with van der Waals surface area (Å²) in [4.78, 5) is 34.2. The molecule has 0 heterocycles. The van der Waals surface area contributed by atoms with Crippen LogP contribution in [0.25, 0.3) is 0 Å². The number of benzene rings is 1. The van der Waals surface area contributed by atoms with Gasteiger partial charge in [-0.25, -0.2) is 9.18 Å². The summed E-state index contributed by atoms with van der Waals surface area (Å²) in [6.07, 6.45) is 0.230. The second-order valence-electron chi connectivity index (χ2n) is 5.37. The Kier molecular flexibility index (Phi) is 6.03. The number of carboxylic acid groups (broad SMARTS) is 1. The second kappa shape index (κ2) is 7.53. The van der Waals surface area contributed by atoms with Gasteiger partial charge in [-0.15, -0.1) is 0 Å². The van der Waals surface area contributed by atoms with Crippen LogP contribution in [0.5, 0.6) is 0 Å². The lowest BCUT2D eigenvalue weighted by Crippen LogP contribution is -2.41. The fraction of sp³-hybridized carbons (Fsp3) is 0.400. The van der Waals surface area contributed by atoms with E-state index in [-0.39, 0.29) is 29.5 Å². The van der Waals surface area contributed by atoms with Gasteiger partial charge in [-0.3, -0.25) is 9.59 Å². The minimum atomic E-state index is -1.18. The summed E-state index contributed by atoms with van der Waals surface area (Å²) in [6, 6.07) is 2.42. The molecule has 1 rings (SSSR count). The van der Waals surface area contributed by atoms with Crippen LogP contribution < -0.4 is 10.6 Å². The van der Waals surface area contributed by atoms with Crippen LogP contribution in [0.2, 0.25) is 0 Å². The predicted octanol–water partition coefficient (Wildman–Crippen LogP) is 2.01. The van der Waals surface area contributed by atoms with Gasteiger partial charge in [0, 0.05) is 12.6 Å². The van der Waals surface area contributed by atoms with Crippen molar-refractivity contribution in [3.8, 4) is 0 Å². The van der Waals surface area contributed by atoms with Crippen molar-refractivity contribution in [3.05, 3.63) is 29.6 Å². The lowest BCUT2D eigenvalue weighted by atomic mass is 10.0. The third kappa shape index (κ3) is 5.16. The maximum atomic E-state index is 13.8. The van der Waals surface area contributed by atoms with Gasteiger partial charge in [0.1, 0.15) is 11.9 Å². The molecule has 0 aliphatic carbocycles. The van der Waals surface area contributed by atoms with Gasteiger partial charge < -0.3 is 15.7 Å². The smallest absolute Gasteiger partial charge is 0.326 e. The van der Waals surface area contributed by atoms with Crippen LogP contribution >= 0.6 is 0 Å². The highest BCUT2D eigenvalue weighted by Gasteiger charge is 2.23. The van der Waals surface area contributed by atoms with Crippen molar-refractivity contribution < 1.29 is 23.9 Å². The number of amides is 2. The highest BCUT2D eigenvalue weighted by molar-refractivity contribution is 5.98. The van der Waals surface area contributed by atoms with Gasteiger partial charge in [0.2, 0.25) is 5.91 Å². The molecule has 0 aliphatic heterocycles. The van der Waals surface area contributed by atoms with E-state index in [1.54, 1.807) is 0 Å². The number of carbonyl (C=O) groups excluding carboxylic acids is 2. The quantitative estimate of drug-likeness (QED) is 0.749. The van der Waals surface area contributed by atoms with Crippen LogP contribution in [0.1, 0.15) is 37.6 Å². The molecule has 6 nitrogen and oxygen atoms in total. The number of halogens is 1. The van der Waals surface area contributed by atoms with Crippen molar-refractivity contribution in [2.75, 3.05) is 5.32 Å². The molecule has 1 atom stereocenters.